The summed E-state index contributed by atoms with van der Waals surface area (Å²) in [4.78, 5) is 7.49. The minimum Gasteiger partial charge on any atom is -0.497 e. The summed E-state index contributed by atoms with van der Waals surface area (Å²) in [6.07, 6.45) is 5.21. The number of nitrogens with one attached hydrogen (secondary N) is 1. The van der Waals surface area contributed by atoms with Gasteiger partial charge in [0.15, 0.2) is 0 Å². The van der Waals surface area contributed by atoms with Gasteiger partial charge in [-0.3, -0.25) is 0 Å². The van der Waals surface area contributed by atoms with Crippen LogP contribution in [0.1, 0.15) is 25.7 Å². The molecule has 1 aliphatic heterocycles. The van der Waals surface area contributed by atoms with Gasteiger partial charge in [-0.1, -0.05) is 6.42 Å². The standard InChI is InChI=1S/C25H31N3O2/c1-29-20-9-7-19(8-10-20)23-18-24(22-12-11-21(30-2)17-25(22)27-23)26-13-6-16-28-14-4-3-5-15-28/h7-12,17-18H,3-6,13-16H2,1-2H3,(H,26,27). The molecular formula is C25H31N3O2. The highest BCUT2D eigenvalue weighted by molar-refractivity contribution is 5.94. The van der Waals surface area contributed by atoms with E-state index in [9.17, 15) is 0 Å². The third-order valence-electron chi connectivity index (χ3n) is 5.82. The van der Waals surface area contributed by atoms with Crippen molar-refractivity contribution in [2.75, 3.05) is 45.7 Å². The molecule has 0 radical (unpaired) electrons. The maximum absolute atomic E-state index is 5.42. The number of hydrogen-bond acceptors (Lipinski definition) is 5. The highest BCUT2D eigenvalue weighted by Gasteiger charge is 2.11. The molecule has 1 N–H and O–H groups in total. The number of nitrogens with zero attached hydrogens (tertiary/aromatic N) is 2. The van der Waals surface area contributed by atoms with E-state index in [-0.39, 0.29) is 0 Å². The predicted molar refractivity (Wildman–Crippen MR) is 124 cm³/mol. The lowest BCUT2D eigenvalue weighted by molar-refractivity contribution is 0.228. The number of hydrogen-bond donors (Lipinski definition) is 1. The summed E-state index contributed by atoms with van der Waals surface area (Å²) in [5.74, 6) is 1.66. The highest BCUT2D eigenvalue weighted by Crippen LogP contribution is 2.31. The van der Waals surface area contributed by atoms with Gasteiger partial charge >= 0.3 is 0 Å². The van der Waals surface area contributed by atoms with E-state index < -0.39 is 0 Å². The van der Waals surface area contributed by atoms with E-state index in [1.165, 1.54) is 32.4 Å². The average Bonchev–Trinajstić information content (AvgIpc) is 2.81. The zero-order valence-electron chi connectivity index (χ0n) is 18.0. The predicted octanol–water partition coefficient (Wildman–Crippen LogP) is 5.21. The summed E-state index contributed by atoms with van der Waals surface area (Å²) in [6.45, 7) is 4.61. The Morgan fingerprint density at radius 2 is 1.63 bits per heavy atom. The monoisotopic (exact) mass is 405 g/mol. The fraction of sp³-hybridized carbons (Fsp3) is 0.400. The first-order valence-corrected chi connectivity index (χ1v) is 10.9. The van der Waals surface area contributed by atoms with E-state index in [1.54, 1.807) is 14.2 Å². The van der Waals surface area contributed by atoms with Gasteiger partial charge in [0.05, 0.1) is 25.4 Å². The lowest BCUT2D eigenvalue weighted by Crippen LogP contribution is -2.31. The molecule has 1 aliphatic rings. The number of anilines is 1. The quantitative estimate of drug-likeness (QED) is 0.522. The number of piperidine rings is 1. The van der Waals surface area contributed by atoms with Crippen molar-refractivity contribution in [1.29, 1.82) is 0 Å². The minimum atomic E-state index is 0.818. The van der Waals surface area contributed by atoms with Crippen LogP contribution in [-0.2, 0) is 0 Å². The summed E-state index contributed by atoms with van der Waals surface area (Å²) in [6, 6.07) is 16.3. The van der Waals surface area contributed by atoms with E-state index >= 15 is 0 Å². The Labute approximate surface area is 179 Å². The number of methoxy groups -OCH3 is 2. The molecule has 2 aromatic carbocycles. The van der Waals surface area contributed by atoms with E-state index in [1.807, 2.05) is 36.4 Å². The molecular weight excluding hydrogens is 374 g/mol. The van der Waals surface area contributed by atoms with Crippen LogP contribution >= 0.6 is 0 Å². The molecule has 0 saturated carbocycles. The maximum Gasteiger partial charge on any atom is 0.121 e. The van der Waals surface area contributed by atoms with Gasteiger partial charge in [-0.2, -0.15) is 0 Å². The number of aromatic nitrogens is 1. The summed E-state index contributed by atoms with van der Waals surface area (Å²) in [5.41, 5.74) is 4.06. The molecule has 0 amide bonds. The topological polar surface area (TPSA) is 46.6 Å². The molecule has 1 aromatic heterocycles. The minimum absolute atomic E-state index is 0.818. The Kier molecular flexibility index (Phi) is 6.70. The number of rotatable bonds is 8. The maximum atomic E-state index is 5.42. The van der Waals surface area contributed by atoms with Gasteiger partial charge in [0.2, 0.25) is 0 Å². The molecule has 158 valence electrons. The molecule has 3 aromatic rings. The van der Waals surface area contributed by atoms with Crippen molar-refractivity contribution in [3.63, 3.8) is 0 Å². The fourth-order valence-electron chi connectivity index (χ4n) is 4.10. The molecule has 5 nitrogen and oxygen atoms in total. The normalized spacial score (nSPS) is 14.6. The van der Waals surface area contributed by atoms with Gasteiger partial charge in [0.25, 0.3) is 0 Å². The number of pyridine rings is 1. The van der Waals surface area contributed by atoms with E-state index in [0.717, 1.165) is 58.9 Å². The second-order valence-electron chi connectivity index (χ2n) is 7.85. The third kappa shape index (κ3) is 4.85. The zero-order valence-corrected chi connectivity index (χ0v) is 18.0. The molecule has 0 spiro atoms. The van der Waals surface area contributed by atoms with Gasteiger partial charge < -0.3 is 19.7 Å². The molecule has 0 unspecified atom stereocenters. The van der Waals surface area contributed by atoms with Crippen LogP contribution in [0.5, 0.6) is 11.5 Å². The number of ether oxygens (including phenoxy) is 2. The van der Waals surface area contributed by atoms with Gasteiger partial charge in [-0.05, 0) is 81.4 Å². The number of fused-ring (bicyclic) bond motifs is 1. The van der Waals surface area contributed by atoms with Crippen LogP contribution in [0.2, 0.25) is 0 Å². The second-order valence-corrected chi connectivity index (χ2v) is 7.85. The van der Waals surface area contributed by atoms with Crippen LogP contribution in [-0.4, -0.2) is 50.3 Å². The van der Waals surface area contributed by atoms with Gasteiger partial charge in [-0.25, -0.2) is 4.98 Å². The van der Waals surface area contributed by atoms with E-state index in [2.05, 4.69) is 22.3 Å². The second kappa shape index (κ2) is 9.81. The Balaban J connectivity index is 1.56. The average molecular weight is 406 g/mol. The smallest absolute Gasteiger partial charge is 0.121 e. The van der Waals surface area contributed by atoms with Gasteiger partial charge in [0.1, 0.15) is 11.5 Å². The van der Waals surface area contributed by atoms with Crippen LogP contribution in [0, 0.1) is 0 Å². The molecule has 2 heterocycles. The zero-order chi connectivity index (χ0) is 20.8. The van der Waals surface area contributed by atoms with Crippen molar-refractivity contribution in [1.82, 2.24) is 9.88 Å². The number of benzene rings is 2. The van der Waals surface area contributed by atoms with Crippen LogP contribution in [0.4, 0.5) is 5.69 Å². The number of likely N-dealkylation sites (tertiary alicyclic amines) is 1. The van der Waals surface area contributed by atoms with Crippen LogP contribution < -0.4 is 14.8 Å². The van der Waals surface area contributed by atoms with E-state index in [4.69, 9.17) is 14.5 Å². The van der Waals surface area contributed by atoms with Crippen molar-refractivity contribution in [3.8, 4) is 22.8 Å². The summed E-state index contributed by atoms with van der Waals surface area (Å²) in [5, 5.41) is 4.78. The van der Waals surface area contributed by atoms with Crippen molar-refractivity contribution >= 4 is 16.6 Å². The van der Waals surface area contributed by atoms with Crippen LogP contribution in [0.3, 0.4) is 0 Å². The molecule has 30 heavy (non-hydrogen) atoms. The molecule has 4 rings (SSSR count). The Morgan fingerprint density at radius 1 is 0.900 bits per heavy atom. The molecule has 5 heteroatoms. The molecule has 0 atom stereocenters. The van der Waals surface area contributed by atoms with Crippen LogP contribution in [0.25, 0.3) is 22.2 Å². The first kappa shape index (κ1) is 20.5. The summed E-state index contributed by atoms with van der Waals surface area (Å²) in [7, 11) is 3.37. The third-order valence-corrected chi connectivity index (χ3v) is 5.82. The molecule has 0 aliphatic carbocycles. The lowest BCUT2D eigenvalue weighted by Gasteiger charge is -2.26. The van der Waals surface area contributed by atoms with Gasteiger partial charge in [0, 0.05) is 29.2 Å². The molecule has 1 fully saturated rings. The van der Waals surface area contributed by atoms with Crippen molar-refractivity contribution in [2.24, 2.45) is 0 Å². The first-order chi connectivity index (χ1) is 14.8. The Hall–Kier alpha value is -2.79. The van der Waals surface area contributed by atoms with Crippen LogP contribution in [0.15, 0.2) is 48.5 Å². The highest BCUT2D eigenvalue weighted by atomic mass is 16.5. The van der Waals surface area contributed by atoms with Crippen molar-refractivity contribution in [3.05, 3.63) is 48.5 Å². The fourth-order valence-corrected chi connectivity index (χ4v) is 4.10. The van der Waals surface area contributed by atoms with Crippen molar-refractivity contribution < 1.29 is 9.47 Å². The SMILES string of the molecule is COc1ccc(-c2cc(NCCCN3CCCCC3)c3ccc(OC)cc3n2)cc1. The Morgan fingerprint density at radius 3 is 2.37 bits per heavy atom. The lowest BCUT2D eigenvalue weighted by atomic mass is 10.1. The molecule has 1 saturated heterocycles. The summed E-state index contributed by atoms with van der Waals surface area (Å²) < 4.78 is 10.7. The largest absolute Gasteiger partial charge is 0.497 e. The summed E-state index contributed by atoms with van der Waals surface area (Å²) >= 11 is 0. The van der Waals surface area contributed by atoms with Crippen molar-refractivity contribution in [2.45, 2.75) is 25.7 Å². The first-order valence-electron chi connectivity index (χ1n) is 10.9. The van der Waals surface area contributed by atoms with E-state index in [0.29, 0.717) is 0 Å². The van der Waals surface area contributed by atoms with Gasteiger partial charge in [-0.15, -0.1) is 0 Å². The molecule has 0 bridgehead atoms. The Bertz CT molecular complexity index is 966.